The maximum Gasteiger partial charge on any atom is 0.490 e. The molecule has 7 nitrogen and oxygen atoms in total. The fourth-order valence-corrected chi connectivity index (χ4v) is 5.02. The number of carboxylic acid groups (broad SMARTS) is 1. The number of carboxylic acids is 1. The van der Waals surface area contributed by atoms with Crippen LogP contribution in [0.5, 0.6) is 5.75 Å². The second-order valence-electron chi connectivity index (χ2n) is 7.07. The monoisotopic (exact) mass is 470 g/mol. The van der Waals surface area contributed by atoms with E-state index in [4.69, 9.17) is 14.6 Å². The third kappa shape index (κ3) is 4.44. The van der Waals surface area contributed by atoms with Gasteiger partial charge in [0.05, 0.1) is 17.5 Å². The van der Waals surface area contributed by atoms with Crippen molar-refractivity contribution in [1.29, 1.82) is 0 Å². The van der Waals surface area contributed by atoms with Crippen LogP contribution in [0.25, 0.3) is 10.9 Å². The van der Waals surface area contributed by atoms with Crippen LogP contribution in [-0.2, 0) is 21.2 Å². The maximum absolute atomic E-state index is 13.1. The molecule has 2 heterocycles. The van der Waals surface area contributed by atoms with Crippen molar-refractivity contribution in [2.75, 3.05) is 13.7 Å². The Bertz CT molecular complexity index is 1240. The van der Waals surface area contributed by atoms with E-state index in [2.05, 4.69) is 12.2 Å². The van der Waals surface area contributed by atoms with Crippen LogP contribution in [0.3, 0.4) is 0 Å². The van der Waals surface area contributed by atoms with E-state index in [0.717, 1.165) is 35.2 Å². The molecule has 0 saturated carbocycles. The largest absolute Gasteiger partial charge is 0.496 e. The summed E-state index contributed by atoms with van der Waals surface area (Å²) in [5.41, 5.74) is 2.75. The van der Waals surface area contributed by atoms with E-state index in [0.29, 0.717) is 10.4 Å². The SMILES string of the molecule is COc1ccc2c3c(cn2S(=O)(=O)c2ccccc2)CCNC(C)c13.O=C(O)C(F)(F)F. The third-order valence-electron chi connectivity index (χ3n) is 5.06. The van der Waals surface area contributed by atoms with Crippen molar-refractivity contribution in [3.8, 4) is 5.75 Å². The van der Waals surface area contributed by atoms with E-state index < -0.39 is 22.2 Å². The van der Waals surface area contributed by atoms with Gasteiger partial charge in [0.2, 0.25) is 0 Å². The van der Waals surface area contributed by atoms with E-state index >= 15 is 0 Å². The Morgan fingerprint density at radius 1 is 1.19 bits per heavy atom. The molecule has 0 radical (unpaired) electrons. The number of alkyl halides is 3. The van der Waals surface area contributed by atoms with Crippen molar-refractivity contribution >= 4 is 26.9 Å². The Balaban J connectivity index is 0.000000360. The summed E-state index contributed by atoms with van der Waals surface area (Å²) >= 11 is 0. The van der Waals surface area contributed by atoms with Gasteiger partial charge in [-0.3, -0.25) is 0 Å². The second kappa shape index (κ2) is 8.83. The number of ether oxygens (including phenoxy) is 1. The molecule has 0 aliphatic carbocycles. The van der Waals surface area contributed by atoms with Crippen molar-refractivity contribution in [3.63, 3.8) is 0 Å². The van der Waals surface area contributed by atoms with Gasteiger partial charge >= 0.3 is 12.1 Å². The van der Waals surface area contributed by atoms with E-state index in [9.17, 15) is 21.6 Å². The second-order valence-corrected chi connectivity index (χ2v) is 8.89. The summed E-state index contributed by atoms with van der Waals surface area (Å²) in [6.07, 6.45) is -2.55. The Hall–Kier alpha value is -3.05. The lowest BCUT2D eigenvalue weighted by Gasteiger charge is -2.17. The van der Waals surface area contributed by atoms with E-state index in [1.807, 2.05) is 18.2 Å². The zero-order valence-electron chi connectivity index (χ0n) is 17.2. The number of aliphatic carboxylic acids is 1. The number of rotatable bonds is 3. The van der Waals surface area contributed by atoms with Crippen LogP contribution in [-0.4, -0.2) is 43.3 Å². The molecule has 0 spiro atoms. The molecule has 1 aliphatic rings. The number of methoxy groups -OCH3 is 1. The molecule has 0 fully saturated rings. The van der Waals surface area contributed by atoms with Crippen LogP contribution in [0.1, 0.15) is 24.1 Å². The predicted octanol–water partition coefficient (Wildman–Crippen LogP) is 3.73. The number of benzene rings is 2. The summed E-state index contributed by atoms with van der Waals surface area (Å²) < 4.78 is 65.0. The first-order valence-electron chi connectivity index (χ1n) is 9.53. The number of nitrogens with zero attached hydrogens (tertiary/aromatic N) is 1. The van der Waals surface area contributed by atoms with Crippen LogP contribution in [0.2, 0.25) is 0 Å². The minimum absolute atomic E-state index is 0.0928. The Morgan fingerprint density at radius 3 is 2.38 bits per heavy atom. The molecule has 1 atom stereocenters. The summed E-state index contributed by atoms with van der Waals surface area (Å²) in [5.74, 6) is -1.97. The fourth-order valence-electron chi connectivity index (χ4n) is 3.61. The molecular formula is C21H21F3N2O5S. The number of carbonyl (C=O) groups is 1. The molecule has 4 rings (SSSR count). The van der Waals surface area contributed by atoms with Gasteiger partial charge in [-0.25, -0.2) is 17.2 Å². The Morgan fingerprint density at radius 2 is 1.81 bits per heavy atom. The maximum atomic E-state index is 13.1. The lowest BCUT2D eigenvalue weighted by atomic mass is 10.0. The van der Waals surface area contributed by atoms with Crippen LogP contribution in [0.4, 0.5) is 13.2 Å². The molecular weight excluding hydrogens is 449 g/mol. The molecule has 0 amide bonds. The van der Waals surface area contributed by atoms with Crippen LogP contribution in [0, 0.1) is 0 Å². The third-order valence-corrected chi connectivity index (χ3v) is 6.74. The standard InChI is InChI=1S/C19H20N2O3S.C2HF3O2/c1-13-18-17(24-2)9-8-16-19(18)14(10-11-20-13)12-21(16)25(22,23)15-6-4-3-5-7-15;3-2(4,5)1(6)7/h3-9,12-13,20H,10-11H2,1-2H3;(H,6,7). The van der Waals surface area contributed by atoms with Crippen molar-refractivity contribution in [2.24, 2.45) is 0 Å². The van der Waals surface area contributed by atoms with Crippen molar-refractivity contribution in [3.05, 3.63) is 59.8 Å². The molecule has 2 N–H and O–H groups in total. The smallest absolute Gasteiger partial charge is 0.490 e. The van der Waals surface area contributed by atoms with Crippen LogP contribution < -0.4 is 10.1 Å². The summed E-state index contributed by atoms with van der Waals surface area (Å²) in [6.45, 7) is 2.87. The normalized spacial score (nSPS) is 16.1. The van der Waals surface area contributed by atoms with Gasteiger partial charge in [0.25, 0.3) is 10.0 Å². The van der Waals surface area contributed by atoms with Gasteiger partial charge in [-0.1, -0.05) is 18.2 Å². The zero-order valence-corrected chi connectivity index (χ0v) is 18.0. The Kier molecular flexibility index (Phi) is 6.51. The molecule has 2 aromatic carbocycles. The van der Waals surface area contributed by atoms with E-state index in [-0.39, 0.29) is 6.04 Å². The number of halogens is 3. The first kappa shape index (κ1) is 23.6. The predicted molar refractivity (Wildman–Crippen MR) is 111 cm³/mol. The summed E-state index contributed by atoms with van der Waals surface area (Å²) in [6, 6.07) is 12.3. The van der Waals surface area contributed by atoms with Gasteiger partial charge in [0.1, 0.15) is 5.75 Å². The first-order valence-corrected chi connectivity index (χ1v) is 11.0. The number of aromatic nitrogens is 1. The van der Waals surface area contributed by atoms with Crippen LogP contribution >= 0.6 is 0 Å². The topological polar surface area (TPSA) is 97.6 Å². The molecule has 3 aromatic rings. The fraction of sp³-hybridized carbons (Fsp3) is 0.286. The number of hydrogen-bond acceptors (Lipinski definition) is 5. The molecule has 172 valence electrons. The van der Waals surface area contributed by atoms with E-state index in [1.165, 1.54) is 3.97 Å². The summed E-state index contributed by atoms with van der Waals surface area (Å²) in [4.78, 5) is 9.19. The molecule has 1 aliphatic heterocycles. The lowest BCUT2D eigenvalue weighted by Crippen LogP contribution is -2.21. The highest BCUT2D eigenvalue weighted by atomic mass is 32.2. The number of hydrogen-bond donors (Lipinski definition) is 2. The molecule has 1 aromatic heterocycles. The van der Waals surface area contributed by atoms with Gasteiger partial charge in [-0.05, 0) is 49.7 Å². The summed E-state index contributed by atoms with van der Waals surface area (Å²) in [5, 5.41) is 11.6. The Labute approximate surface area is 182 Å². The minimum Gasteiger partial charge on any atom is -0.496 e. The van der Waals surface area contributed by atoms with Gasteiger partial charge < -0.3 is 15.2 Å². The average Bonchev–Trinajstić information content (AvgIpc) is 3.04. The van der Waals surface area contributed by atoms with Gasteiger partial charge in [-0.15, -0.1) is 0 Å². The quantitative estimate of drug-likeness (QED) is 0.606. The minimum atomic E-state index is -5.08. The van der Waals surface area contributed by atoms with Gasteiger partial charge in [-0.2, -0.15) is 13.2 Å². The average molecular weight is 470 g/mol. The van der Waals surface area contributed by atoms with Crippen molar-refractivity contribution in [2.45, 2.75) is 30.5 Å². The lowest BCUT2D eigenvalue weighted by molar-refractivity contribution is -0.192. The first-order chi connectivity index (χ1) is 15.0. The molecule has 11 heteroatoms. The molecule has 1 unspecified atom stereocenters. The van der Waals surface area contributed by atoms with Gasteiger partial charge in [0.15, 0.2) is 0 Å². The highest BCUT2D eigenvalue weighted by Crippen LogP contribution is 2.38. The van der Waals surface area contributed by atoms with Crippen molar-refractivity contribution in [1.82, 2.24) is 9.29 Å². The molecule has 32 heavy (non-hydrogen) atoms. The van der Waals surface area contributed by atoms with Crippen LogP contribution in [0.15, 0.2) is 53.6 Å². The van der Waals surface area contributed by atoms with Crippen molar-refractivity contribution < 1.29 is 36.2 Å². The van der Waals surface area contributed by atoms with Gasteiger partial charge in [0, 0.05) is 23.2 Å². The molecule has 0 bridgehead atoms. The molecule has 0 saturated heterocycles. The zero-order chi connectivity index (χ0) is 23.7. The summed E-state index contributed by atoms with van der Waals surface area (Å²) in [7, 11) is -1.99. The highest BCUT2D eigenvalue weighted by Gasteiger charge is 2.38. The van der Waals surface area contributed by atoms with E-state index in [1.54, 1.807) is 37.6 Å². The highest BCUT2D eigenvalue weighted by molar-refractivity contribution is 7.90. The number of nitrogens with one attached hydrogen (secondary N) is 1.